The summed E-state index contributed by atoms with van der Waals surface area (Å²) in [5.74, 6) is 0. The van der Waals surface area contributed by atoms with Gasteiger partial charge in [0.2, 0.25) is 0 Å². The van der Waals surface area contributed by atoms with Crippen LogP contribution >= 0.6 is 0 Å². The zero-order chi connectivity index (χ0) is 22.5. The number of amides is 1. The number of rotatable bonds is 16. The molecule has 5 heteroatoms. The van der Waals surface area contributed by atoms with Crippen LogP contribution in [0.2, 0.25) is 18.1 Å². The molecule has 1 aliphatic heterocycles. The maximum Gasteiger partial charge on any atom is 0.408 e. The fourth-order valence-electron chi connectivity index (χ4n) is 3.45. The Kier molecular flexibility index (Phi) is 13.0. The molecule has 0 saturated carbocycles. The minimum Gasteiger partial charge on any atom is -0.440 e. The summed E-state index contributed by atoms with van der Waals surface area (Å²) in [5.41, 5.74) is 0. The van der Waals surface area contributed by atoms with Crippen molar-refractivity contribution in [1.29, 1.82) is 0 Å². The molecule has 1 saturated heterocycles. The first-order valence-electron chi connectivity index (χ1n) is 12.4. The van der Waals surface area contributed by atoms with Gasteiger partial charge >= 0.3 is 6.09 Å². The lowest BCUT2D eigenvalue weighted by atomic mass is 10.0. The van der Waals surface area contributed by atoms with Gasteiger partial charge in [0.25, 0.3) is 0 Å². The number of carbonyl (C=O) groups excluding carboxylic acids is 1. The zero-order valence-electron chi connectivity index (χ0n) is 20.7. The van der Waals surface area contributed by atoms with E-state index in [9.17, 15) is 4.79 Å². The highest BCUT2D eigenvalue weighted by atomic mass is 28.4. The van der Waals surface area contributed by atoms with Crippen LogP contribution in [0, 0.1) is 0 Å². The third kappa shape index (κ3) is 11.0. The van der Waals surface area contributed by atoms with Crippen LogP contribution < -0.4 is 5.32 Å². The molecule has 0 spiro atoms. The number of alkyl carbamates (subject to hydrolysis) is 1. The molecule has 2 atom stereocenters. The van der Waals surface area contributed by atoms with E-state index in [1.165, 1.54) is 70.6 Å². The van der Waals surface area contributed by atoms with Gasteiger partial charge < -0.3 is 14.5 Å². The average molecular weight is 440 g/mol. The molecular formula is C25H49NO3Si. The van der Waals surface area contributed by atoms with Crippen LogP contribution in [0.5, 0.6) is 0 Å². The second-order valence-corrected chi connectivity index (χ2v) is 15.3. The van der Waals surface area contributed by atoms with E-state index in [0.29, 0.717) is 6.61 Å². The standard InChI is InChI=1S/C25H49NO3Si/c1-7-8-9-10-11-12-13-14-15-16-17-18-19-20-23-22(26-24(27)29-23)21-28-30(5,6)25(2,3)4/h19-20,22-23H,7-18,21H2,1-6H3,(H,26,27)/t22-,23+/m0/s1. The Hall–Kier alpha value is -0.813. The molecule has 0 aromatic heterocycles. The van der Waals surface area contributed by atoms with Crippen molar-refractivity contribution >= 4 is 14.4 Å². The van der Waals surface area contributed by atoms with Crippen molar-refractivity contribution < 1.29 is 14.0 Å². The van der Waals surface area contributed by atoms with Crippen molar-refractivity contribution in [2.45, 2.75) is 135 Å². The first kappa shape index (κ1) is 27.2. The lowest BCUT2D eigenvalue weighted by Crippen LogP contribution is -2.46. The van der Waals surface area contributed by atoms with E-state index in [1.54, 1.807) is 0 Å². The molecule has 1 fully saturated rings. The summed E-state index contributed by atoms with van der Waals surface area (Å²) < 4.78 is 11.7. The molecule has 176 valence electrons. The highest BCUT2D eigenvalue weighted by Gasteiger charge is 2.40. The minimum atomic E-state index is -1.83. The minimum absolute atomic E-state index is 0.0831. The lowest BCUT2D eigenvalue weighted by molar-refractivity contribution is 0.144. The number of allylic oxidation sites excluding steroid dienone is 1. The van der Waals surface area contributed by atoms with E-state index in [2.05, 4.69) is 52.2 Å². The number of carbonyl (C=O) groups is 1. The predicted octanol–water partition coefficient (Wildman–Crippen LogP) is 7.74. The first-order valence-corrected chi connectivity index (χ1v) is 15.4. The van der Waals surface area contributed by atoms with Crippen LogP contribution in [0.1, 0.15) is 105 Å². The second kappa shape index (κ2) is 14.3. The Labute approximate surface area is 187 Å². The molecule has 0 unspecified atom stereocenters. The summed E-state index contributed by atoms with van der Waals surface area (Å²) in [4.78, 5) is 11.7. The largest absolute Gasteiger partial charge is 0.440 e. The smallest absolute Gasteiger partial charge is 0.408 e. The number of nitrogens with one attached hydrogen (secondary N) is 1. The molecule has 0 aromatic rings. The van der Waals surface area contributed by atoms with Gasteiger partial charge in [0.1, 0.15) is 6.10 Å². The summed E-state index contributed by atoms with van der Waals surface area (Å²) in [6.07, 6.45) is 19.7. The van der Waals surface area contributed by atoms with Gasteiger partial charge in [-0.2, -0.15) is 0 Å². The fourth-order valence-corrected chi connectivity index (χ4v) is 4.48. The van der Waals surface area contributed by atoms with Crippen molar-refractivity contribution in [1.82, 2.24) is 5.32 Å². The quantitative estimate of drug-likeness (QED) is 0.152. The van der Waals surface area contributed by atoms with E-state index < -0.39 is 8.32 Å². The maximum atomic E-state index is 11.7. The number of ether oxygens (including phenoxy) is 1. The normalized spacial score (nSPS) is 20.0. The van der Waals surface area contributed by atoms with Crippen LogP contribution in [0.15, 0.2) is 12.2 Å². The van der Waals surface area contributed by atoms with E-state index >= 15 is 0 Å². The monoisotopic (exact) mass is 439 g/mol. The molecule has 1 rings (SSSR count). The molecule has 1 heterocycles. The van der Waals surface area contributed by atoms with Crippen molar-refractivity contribution in [2.24, 2.45) is 0 Å². The van der Waals surface area contributed by atoms with Crippen LogP contribution in [-0.2, 0) is 9.16 Å². The summed E-state index contributed by atoms with van der Waals surface area (Å²) in [5, 5.41) is 3.07. The van der Waals surface area contributed by atoms with Crippen LogP contribution in [-0.4, -0.2) is 33.2 Å². The Morgan fingerprint density at radius 1 is 0.967 bits per heavy atom. The summed E-state index contributed by atoms with van der Waals surface area (Å²) >= 11 is 0. The second-order valence-electron chi connectivity index (χ2n) is 10.4. The number of unbranched alkanes of at least 4 members (excludes halogenated alkanes) is 11. The highest BCUT2D eigenvalue weighted by Crippen LogP contribution is 2.36. The topological polar surface area (TPSA) is 47.6 Å². The van der Waals surface area contributed by atoms with Crippen molar-refractivity contribution in [3.05, 3.63) is 12.2 Å². The Morgan fingerprint density at radius 3 is 2.03 bits per heavy atom. The van der Waals surface area contributed by atoms with Gasteiger partial charge in [0.15, 0.2) is 8.32 Å². The van der Waals surface area contributed by atoms with Crippen molar-refractivity contribution in [2.75, 3.05) is 6.61 Å². The Bertz CT molecular complexity index is 499. The zero-order valence-corrected chi connectivity index (χ0v) is 21.7. The molecule has 1 aliphatic rings. The lowest BCUT2D eigenvalue weighted by Gasteiger charge is -2.37. The van der Waals surface area contributed by atoms with E-state index in [4.69, 9.17) is 9.16 Å². The highest BCUT2D eigenvalue weighted by molar-refractivity contribution is 6.74. The van der Waals surface area contributed by atoms with Gasteiger partial charge in [0.05, 0.1) is 12.6 Å². The molecule has 0 aliphatic carbocycles. The molecule has 30 heavy (non-hydrogen) atoms. The van der Waals surface area contributed by atoms with Gasteiger partial charge in [-0.3, -0.25) is 0 Å². The molecule has 1 amide bonds. The summed E-state index contributed by atoms with van der Waals surface area (Å²) in [7, 11) is -1.83. The number of cyclic esters (lactones) is 1. The molecule has 0 bridgehead atoms. The summed E-state index contributed by atoms with van der Waals surface area (Å²) in [6, 6.07) is -0.0831. The SMILES string of the molecule is CCCCCCCCCCCCCC=C[C@H]1OC(=O)N[C@H]1CO[Si](C)(C)C(C)(C)C. The fraction of sp³-hybridized carbons (Fsp3) is 0.880. The van der Waals surface area contributed by atoms with Crippen molar-refractivity contribution in [3.63, 3.8) is 0 Å². The molecule has 0 radical (unpaired) electrons. The molecule has 4 nitrogen and oxygen atoms in total. The van der Waals surface area contributed by atoms with E-state index in [0.717, 1.165) is 6.42 Å². The Morgan fingerprint density at radius 2 is 1.50 bits per heavy atom. The maximum absolute atomic E-state index is 11.7. The van der Waals surface area contributed by atoms with Gasteiger partial charge in [-0.05, 0) is 37.0 Å². The number of hydrogen-bond acceptors (Lipinski definition) is 3. The van der Waals surface area contributed by atoms with Gasteiger partial charge in [-0.25, -0.2) is 4.79 Å². The van der Waals surface area contributed by atoms with Crippen molar-refractivity contribution in [3.8, 4) is 0 Å². The van der Waals surface area contributed by atoms with Gasteiger partial charge in [0, 0.05) is 0 Å². The summed E-state index contributed by atoms with van der Waals surface area (Å²) in [6.45, 7) is 14.0. The average Bonchev–Trinajstić information content (AvgIpc) is 3.02. The van der Waals surface area contributed by atoms with Crippen LogP contribution in [0.4, 0.5) is 4.79 Å². The third-order valence-corrected chi connectivity index (χ3v) is 11.2. The third-order valence-electron chi connectivity index (χ3n) is 6.67. The molecule has 1 N–H and O–H groups in total. The van der Waals surface area contributed by atoms with E-state index in [-0.39, 0.29) is 23.3 Å². The van der Waals surface area contributed by atoms with Crippen LogP contribution in [0.3, 0.4) is 0 Å². The van der Waals surface area contributed by atoms with E-state index in [1.807, 2.05) is 6.08 Å². The van der Waals surface area contributed by atoms with Gasteiger partial charge in [-0.15, -0.1) is 0 Å². The molecular weight excluding hydrogens is 390 g/mol. The number of hydrogen-bond donors (Lipinski definition) is 1. The molecule has 0 aromatic carbocycles. The van der Waals surface area contributed by atoms with Crippen LogP contribution in [0.25, 0.3) is 0 Å². The predicted molar refractivity (Wildman–Crippen MR) is 131 cm³/mol. The first-order chi connectivity index (χ1) is 14.2. The van der Waals surface area contributed by atoms with Gasteiger partial charge in [-0.1, -0.05) is 98.0 Å². The Balaban J connectivity index is 2.15.